The monoisotopic (exact) mass is 372 g/mol. The minimum absolute atomic E-state index is 0.0174. The quantitative estimate of drug-likeness (QED) is 0.750. The minimum atomic E-state index is -0.388. The van der Waals surface area contributed by atoms with Crippen LogP contribution in [0.4, 0.5) is 0 Å². The van der Waals surface area contributed by atoms with Crippen molar-refractivity contribution >= 4 is 34.3 Å². The molecule has 0 N–H and O–H groups in total. The van der Waals surface area contributed by atoms with Gasteiger partial charge in [0.05, 0.1) is 11.5 Å². The predicted octanol–water partition coefficient (Wildman–Crippen LogP) is 4.35. The number of ketones is 1. The van der Waals surface area contributed by atoms with E-state index in [4.69, 9.17) is 0 Å². The molecule has 4 rings (SSSR count). The number of Topliss-reactive ketones (excluding diaryl/α,β-unsaturated/α-hetero) is 1. The summed E-state index contributed by atoms with van der Waals surface area (Å²) in [6, 6.07) is 17.6. The zero-order valence-electron chi connectivity index (χ0n) is 14.4. The van der Waals surface area contributed by atoms with E-state index in [0.29, 0.717) is 16.4 Å². The normalized spacial score (nSPS) is 17.9. The number of hydrogen-bond acceptors (Lipinski definition) is 4. The molecule has 0 fully saturated rings. The number of carbonyl (C=O) groups is 2. The predicted molar refractivity (Wildman–Crippen MR) is 110 cm³/mol. The number of amidine groups is 1. The Hall–Kier alpha value is -3.05. The second kappa shape index (κ2) is 7.68. The molecule has 1 atom stereocenters. The molecule has 4 nitrogen and oxygen atoms in total. The highest BCUT2D eigenvalue weighted by molar-refractivity contribution is 8.14. The lowest BCUT2D eigenvalue weighted by Gasteiger charge is -2.16. The largest absolute Gasteiger partial charge is 0.293 e. The van der Waals surface area contributed by atoms with Gasteiger partial charge in [-0.15, -0.1) is 0 Å². The maximum Gasteiger partial charge on any atom is 0.261 e. The van der Waals surface area contributed by atoms with E-state index in [0.717, 1.165) is 11.1 Å². The van der Waals surface area contributed by atoms with Gasteiger partial charge in [-0.05, 0) is 17.2 Å². The number of thioether (sulfide) groups is 1. The Bertz CT molecular complexity index is 1000. The molecule has 1 amide bonds. The molecule has 5 heteroatoms. The smallest absolute Gasteiger partial charge is 0.261 e. The highest BCUT2D eigenvalue weighted by atomic mass is 32.2. The van der Waals surface area contributed by atoms with Gasteiger partial charge < -0.3 is 0 Å². The number of hydrogen-bond donors (Lipinski definition) is 0. The summed E-state index contributed by atoms with van der Waals surface area (Å²) in [5.74, 6) is -0.447. The molecule has 2 aliphatic rings. The second-order valence-electron chi connectivity index (χ2n) is 6.15. The number of nitrogens with zero attached hydrogens (tertiary/aromatic N) is 2. The third-order valence-electron chi connectivity index (χ3n) is 4.34. The maximum atomic E-state index is 12.5. The molecule has 0 radical (unpaired) electrons. The lowest BCUT2D eigenvalue weighted by Crippen LogP contribution is -2.26. The molecule has 0 spiro atoms. The van der Waals surface area contributed by atoms with Gasteiger partial charge in [0, 0.05) is 5.56 Å². The number of amides is 1. The number of fused-ring (bicyclic) bond motifs is 1. The Morgan fingerprint density at radius 3 is 2.44 bits per heavy atom. The van der Waals surface area contributed by atoms with Crippen LogP contribution >= 0.6 is 11.8 Å². The minimum Gasteiger partial charge on any atom is -0.293 e. The third kappa shape index (κ3) is 3.88. The molecule has 0 saturated heterocycles. The van der Waals surface area contributed by atoms with Crippen molar-refractivity contribution < 1.29 is 9.59 Å². The van der Waals surface area contributed by atoms with Crippen molar-refractivity contribution in [3.63, 3.8) is 0 Å². The van der Waals surface area contributed by atoms with Crippen LogP contribution < -0.4 is 0 Å². The summed E-state index contributed by atoms with van der Waals surface area (Å²) >= 11 is 1.19. The second-order valence-corrected chi connectivity index (χ2v) is 7.09. The van der Waals surface area contributed by atoms with Gasteiger partial charge in [0.15, 0.2) is 11.0 Å². The van der Waals surface area contributed by atoms with Crippen LogP contribution in [0.1, 0.15) is 10.4 Å². The van der Waals surface area contributed by atoms with Crippen LogP contribution in [0.5, 0.6) is 0 Å². The highest BCUT2D eigenvalue weighted by Gasteiger charge is 2.26. The molecule has 1 aliphatic heterocycles. The van der Waals surface area contributed by atoms with Crippen molar-refractivity contribution in [3.05, 3.63) is 84.5 Å². The fourth-order valence-electron chi connectivity index (χ4n) is 2.90. The van der Waals surface area contributed by atoms with Gasteiger partial charge >= 0.3 is 0 Å². The van der Waals surface area contributed by atoms with Gasteiger partial charge in [-0.3, -0.25) is 9.59 Å². The SMILES string of the molecule is O=C(CSC1=NC(=O)C2C=CC=CC2=N1)c1ccc(-c2ccccc2)cc1. The topological polar surface area (TPSA) is 58.9 Å². The fourth-order valence-corrected chi connectivity index (χ4v) is 3.66. The Labute approximate surface area is 161 Å². The Kier molecular flexibility index (Phi) is 4.94. The van der Waals surface area contributed by atoms with E-state index in [1.54, 1.807) is 6.08 Å². The van der Waals surface area contributed by atoms with Crippen LogP contribution in [0.2, 0.25) is 0 Å². The first-order chi connectivity index (χ1) is 13.2. The molecule has 27 heavy (non-hydrogen) atoms. The van der Waals surface area contributed by atoms with Gasteiger partial charge in [0.25, 0.3) is 5.91 Å². The van der Waals surface area contributed by atoms with Crippen LogP contribution in [0, 0.1) is 5.92 Å². The zero-order chi connectivity index (χ0) is 18.6. The zero-order valence-corrected chi connectivity index (χ0v) is 15.2. The van der Waals surface area contributed by atoms with E-state index < -0.39 is 0 Å². The molecule has 0 bridgehead atoms. The van der Waals surface area contributed by atoms with Crippen molar-refractivity contribution in [2.24, 2.45) is 15.9 Å². The van der Waals surface area contributed by atoms with Crippen LogP contribution in [-0.2, 0) is 4.79 Å². The standard InChI is InChI=1S/C22H16N2O2S/c25-20(17-12-10-16(11-13-17)15-6-2-1-3-7-15)14-27-22-23-19-9-5-4-8-18(19)21(26)24-22/h1-13,18H,14H2. The molecule has 2 aromatic rings. The number of rotatable bonds is 4. The lowest BCUT2D eigenvalue weighted by atomic mass is 9.97. The number of benzene rings is 2. The van der Waals surface area contributed by atoms with Gasteiger partial charge in [-0.1, -0.05) is 84.6 Å². The van der Waals surface area contributed by atoms with Gasteiger partial charge in [-0.25, -0.2) is 4.99 Å². The van der Waals surface area contributed by atoms with Crippen LogP contribution in [0.25, 0.3) is 11.1 Å². The Morgan fingerprint density at radius 1 is 0.926 bits per heavy atom. The molecular formula is C22H16N2O2S. The summed E-state index contributed by atoms with van der Waals surface area (Å²) in [4.78, 5) is 32.9. The molecule has 1 aliphatic carbocycles. The van der Waals surface area contributed by atoms with E-state index in [2.05, 4.69) is 9.98 Å². The fraction of sp³-hybridized carbons (Fsp3) is 0.0909. The van der Waals surface area contributed by atoms with E-state index in [-0.39, 0.29) is 23.4 Å². The van der Waals surface area contributed by atoms with Gasteiger partial charge in [-0.2, -0.15) is 4.99 Å². The Balaban J connectivity index is 1.41. The van der Waals surface area contributed by atoms with Crippen molar-refractivity contribution in [1.82, 2.24) is 0 Å². The summed E-state index contributed by atoms with van der Waals surface area (Å²) in [6.45, 7) is 0. The van der Waals surface area contributed by atoms with Crippen LogP contribution in [0.3, 0.4) is 0 Å². The number of carbonyl (C=O) groups excluding carboxylic acids is 2. The van der Waals surface area contributed by atoms with Gasteiger partial charge in [0.2, 0.25) is 0 Å². The first-order valence-electron chi connectivity index (χ1n) is 8.58. The number of aliphatic imine (C=N–C) groups is 2. The van der Waals surface area contributed by atoms with Crippen molar-refractivity contribution in [2.75, 3.05) is 5.75 Å². The summed E-state index contributed by atoms with van der Waals surface area (Å²) in [6.07, 6.45) is 7.25. The summed E-state index contributed by atoms with van der Waals surface area (Å²) < 4.78 is 0. The summed E-state index contributed by atoms with van der Waals surface area (Å²) in [5.41, 5.74) is 3.49. The molecule has 1 unspecified atom stereocenters. The highest BCUT2D eigenvalue weighted by Crippen LogP contribution is 2.22. The van der Waals surface area contributed by atoms with Gasteiger partial charge in [0.1, 0.15) is 5.92 Å². The summed E-state index contributed by atoms with van der Waals surface area (Å²) in [7, 11) is 0. The first kappa shape index (κ1) is 17.4. The van der Waals surface area contributed by atoms with E-state index in [9.17, 15) is 9.59 Å². The maximum absolute atomic E-state index is 12.5. The van der Waals surface area contributed by atoms with Crippen molar-refractivity contribution in [3.8, 4) is 11.1 Å². The average Bonchev–Trinajstić information content (AvgIpc) is 2.73. The van der Waals surface area contributed by atoms with E-state index in [1.165, 1.54) is 11.8 Å². The average molecular weight is 372 g/mol. The molecule has 132 valence electrons. The van der Waals surface area contributed by atoms with Crippen LogP contribution in [-0.4, -0.2) is 28.3 Å². The Morgan fingerprint density at radius 2 is 1.67 bits per heavy atom. The number of allylic oxidation sites excluding steroid dienone is 3. The molecular weight excluding hydrogens is 356 g/mol. The van der Waals surface area contributed by atoms with E-state index >= 15 is 0 Å². The van der Waals surface area contributed by atoms with Crippen LogP contribution in [0.15, 0.2) is 88.9 Å². The molecule has 1 heterocycles. The molecule has 0 aromatic heterocycles. The third-order valence-corrected chi connectivity index (χ3v) is 5.19. The van der Waals surface area contributed by atoms with Crippen molar-refractivity contribution in [1.29, 1.82) is 0 Å². The lowest BCUT2D eigenvalue weighted by molar-refractivity contribution is -0.118. The van der Waals surface area contributed by atoms with E-state index in [1.807, 2.05) is 72.8 Å². The summed E-state index contributed by atoms with van der Waals surface area (Å²) in [5, 5.41) is 0.348. The molecule has 2 aromatic carbocycles. The van der Waals surface area contributed by atoms with Crippen molar-refractivity contribution in [2.45, 2.75) is 0 Å². The first-order valence-corrected chi connectivity index (χ1v) is 9.57. The molecule has 0 saturated carbocycles.